The summed E-state index contributed by atoms with van der Waals surface area (Å²) in [4.78, 5) is 12.5. The highest BCUT2D eigenvalue weighted by Gasteiger charge is 2.52. The van der Waals surface area contributed by atoms with Gasteiger partial charge in [0.15, 0.2) is 0 Å². The molecule has 0 unspecified atom stereocenters. The Hall–Kier alpha value is -1.20. The third kappa shape index (κ3) is 5.08. The van der Waals surface area contributed by atoms with Crippen LogP contribution in [0.4, 0.5) is 0 Å². The van der Waals surface area contributed by atoms with Gasteiger partial charge < -0.3 is 8.85 Å². The Morgan fingerprint density at radius 1 is 1.19 bits per heavy atom. The van der Waals surface area contributed by atoms with Crippen LogP contribution in [0, 0.1) is 35.0 Å². The highest BCUT2D eigenvalue weighted by Crippen LogP contribution is 2.56. The topological polar surface area (TPSA) is 35.5 Å². The second-order valence-corrected chi connectivity index (χ2v) is 11.2. The zero-order valence-corrected chi connectivity index (χ0v) is 21.9. The Balaban J connectivity index is 1.78. The summed E-state index contributed by atoms with van der Waals surface area (Å²) < 4.78 is 11.9. The van der Waals surface area contributed by atoms with Gasteiger partial charge in [-0.25, -0.2) is 0 Å². The number of Topliss-reactive ketones (excluding diaryl/α,β-unsaturated/α-hetero) is 1. The molecular weight excluding hydrogens is 416 g/mol. The number of carbonyl (C=O) groups is 1. The highest BCUT2D eigenvalue weighted by molar-refractivity contribution is 6.26. The predicted molar refractivity (Wildman–Crippen MR) is 128 cm³/mol. The van der Waals surface area contributed by atoms with E-state index in [1.165, 1.54) is 12.0 Å². The minimum atomic E-state index is -0.263. The molecule has 0 heterocycles. The van der Waals surface area contributed by atoms with E-state index in [0.29, 0.717) is 37.1 Å². The molecular formula is C26H36O3Si2. The van der Waals surface area contributed by atoms with Crippen molar-refractivity contribution in [1.29, 1.82) is 0 Å². The highest BCUT2D eigenvalue weighted by atomic mass is 28.2. The number of hydrogen-bond acceptors (Lipinski definition) is 3. The Bertz CT molecular complexity index is 835. The maximum absolute atomic E-state index is 12.5. The minimum absolute atomic E-state index is 0.136. The van der Waals surface area contributed by atoms with Crippen LogP contribution in [-0.2, 0) is 19.1 Å². The van der Waals surface area contributed by atoms with E-state index in [9.17, 15) is 4.79 Å². The van der Waals surface area contributed by atoms with Crippen molar-refractivity contribution in [3.05, 3.63) is 35.4 Å². The van der Waals surface area contributed by atoms with E-state index < -0.39 is 0 Å². The molecule has 166 valence electrons. The van der Waals surface area contributed by atoms with Crippen LogP contribution in [0.3, 0.4) is 0 Å². The van der Waals surface area contributed by atoms with Gasteiger partial charge in [0.05, 0.1) is 0 Å². The van der Waals surface area contributed by atoms with E-state index >= 15 is 0 Å². The molecule has 3 rings (SSSR count). The third-order valence-electron chi connectivity index (χ3n) is 7.63. The van der Waals surface area contributed by atoms with E-state index in [-0.39, 0.29) is 23.0 Å². The summed E-state index contributed by atoms with van der Waals surface area (Å²) in [6.07, 6.45) is 4.90. The number of fused-ring (bicyclic) bond motifs is 1. The van der Waals surface area contributed by atoms with Crippen LogP contribution < -0.4 is 0 Å². The first kappa shape index (κ1) is 24.4. The standard InChI is InChI=1S/C26H36O3Si2/c1-18(21-14-15-22-23(27)11-8-16-26(21,22)4)12-13-19-9-7-10-20(17-19)25(2,3)24(28-30-5)29-31-6/h7,9-10,17-18,21-22,24H,8,11,14-16H2,1-6H3/t18-,21+,22-,26+/m0/s1. The lowest BCUT2D eigenvalue weighted by Gasteiger charge is -2.41. The molecule has 0 saturated heterocycles. The van der Waals surface area contributed by atoms with Gasteiger partial charge in [-0.3, -0.25) is 4.79 Å². The summed E-state index contributed by atoms with van der Waals surface area (Å²) in [6, 6.07) is 8.49. The second kappa shape index (κ2) is 10.2. The normalized spacial score (nSPS) is 27.0. The Kier molecular flexibility index (Phi) is 8.02. The van der Waals surface area contributed by atoms with E-state index in [2.05, 4.69) is 63.8 Å². The summed E-state index contributed by atoms with van der Waals surface area (Å²) >= 11 is 0. The first-order valence-corrected chi connectivity index (χ1v) is 14.3. The number of benzene rings is 1. The van der Waals surface area contributed by atoms with Crippen LogP contribution in [0.5, 0.6) is 0 Å². The molecule has 1 aromatic carbocycles. The fraction of sp³-hybridized carbons (Fsp3) is 0.654. The van der Waals surface area contributed by atoms with Gasteiger partial charge in [-0.2, -0.15) is 0 Å². The predicted octanol–water partition coefficient (Wildman–Crippen LogP) is 5.43. The summed E-state index contributed by atoms with van der Waals surface area (Å²) in [6.45, 7) is 13.0. The number of rotatable bonds is 7. The summed E-state index contributed by atoms with van der Waals surface area (Å²) in [7, 11) is 0.771. The van der Waals surface area contributed by atoms with Crippen molar-refractivity contribution in [2.75, 3.05) is 0 Å². The van der Waals surface area contributed by atoms with Crippen LogP contribution in [0.2, 0.25) is 13.1 Å². The average molecular weight is 453 g/mol. The van der Waals surface area contributed by atoms with Crippen LogP contribution in [0.25, 0.3) is 0 Å². The van der Waals surface area contributed by atoms with Gasteiger partial charge in [0.25, 0.3) is 0 Å². The molecule has 3 nitrogen and oxygen atoms in total. The van der Waals surface area contributed by atoms with Crippen molar-refractivity contribution in [3.63, 3.8) is 0 Å². The van der Waals surface area contributed by atoms with Crippen LogP contribution in [-0.4, -0.2) is 31.6 Å². The number of carbonyl (C=O) groups excluding carboxylic acids is 1. The first-order chi connectivity index (χ1) is 14.7. The van der Waals surface area contributed by atoms with E-state index in [1.54, 1.807) is 0 Å². The molecule has 4 radical (unpaired) electrons. The third-order valence-corrected chi connectivity index (χ3v) is 8.53. The van der Waals surface area contributed by atoms with E-state index in [4.69, 9.17) is 8.85 Å². The first-order valence-electron chi connectivity index (χ1n) is 11.5. The molecule has 0 amide bonds. The van der Waals surface area contributed by atoms with Crippen molar-refractivity contribution in [3.8, 4) is 11.8 Å². The van der Waals surface area contributed by atoms with Gasteiger partial charge in [0, 0.05) is 29.2 Å². The maximum atomic E-state index is 12.5. The molecule has 4 atom stereocenters. The second-order valence-electron chi connectivity index (χ2n) is 9.90. The zero-order valence-electron chi connectivity index (χ0n) is 19.9. The summed E-state index contributed by atoms with van der Waals surface area (Å²) in [5, 5.41) is 0. The van der Waals surface area contributed by atoms with Gasteiger partial charge in [0.1, 0.15) is 12.1 Å². The lowest BCUT2D eigenvalue weighted by Crippen LogP contribution is -2.39. The Morgan fingerprint density at radius 2 is 1.90 bits per heavy atom. The molecule has 2 aliphatic carbocycles. The monoisotopic (exact) mass is 452 g/mol. The van der Waals surface area contributed by atoms with E-state index in [0.717, 1.165) is 31.2 Å². The number of hydrogen-bond donors (Lipinski definition) is 0. The summed E-state index contributed by atoms with van der Waals surface area (Å²) in [5.74, 6) is 8.55. The van der Waals surface area contributed by atoms with E-state index in [1.807, 2.05) is 13.1 Å². The van der Waals surface area contributed by atoms with Crippen molar-refractivity contribution < 1.29 is 13.6 Å². The lowest BCUT2D eigenvalue weighted by molar-refractivity contribution is -0.129. The van der Waals surface area contributed by atoms with Gasteiger partial charge in [0.2, 0.25) is 19.5 Å². The van der Waals surface area contributed by atoms with Gasteiger partial charge >= 0.3 is 0 Å². The van der Waals surface area contributed by atoms with Crippen molar-refractivity contribution in [2.24, 2.45) is 23.2 Å². The molecule has 0 spiro atoms. The summed E-state index contributed by atoms with van der Waals surface area (Å²) in [5.41, 5.74) is 2.09. The largest absolute Gasteiger partial charge is 0.393 e. The smallest absolute Gasteiger partial charge is 0.229 e. The maximum Gasteiger partial charge on any atom is 0.229 e. The van der Waals surface area contributed by atoms with Gasteiger partial charge in [-0.05, 0) is 67.8 Å². The molecule has 0 bridgehead atoms. The molecule has 31 heavy (non-hydrogen) atoms. The van der Waals surface area contributed by atoms with Crippen molar-refractivity contribution in [2.45, 2.75) is 84.6 Å². The van der Waals surface area contributed by atoms with Crippen LogP contribution in [0.15, 0.2) is 24.3 Å². The lowest BCUT2D eigenvalue weighted by atomic mass is 9.62. The number of ketones is 1. The minimum Gasteiger partial charge on any atom is -0.393 e. The van der Waals surface area contributed by atoms with Crippen molar-refractivity contribution >= 4 is 25.3 Å². The van der Waals surface area contributed by atoms with Gasteiger partial charge in [-0.1, -0.05) is 51.7 Å². The van der Waals surface area contributed by atoms with Crippen LogP contribution in [0.1, 0.15) is 70.9 Å². The molecule has 0 aliphatic heterocycles. The fourth-order valence-corrected chi connectivity index (χ4v) is 6.97. The molecule has 2 fully saturated rings. The van der Waals surface area contributed by atoms with Crippen LogP contribution >= 0.6 is 0 Å². The molecule has 0 N–H and O–H groups in total. The SMILES string of the molecule is C[Si]OC(O[Si]C)C(C)(C)c1cccc(C#C[C@H](C)[C@H]2CC[C@H]3C(=O)CCC[C@]23C)c1. The van der Waals surface area contributed by atoms with Gasteiger partial charge in [-0.15, -0.1) is 0 Å². The molecule has 0 aromatic heterocycles. The van der Waals surface area contributed by atoms with Crippen molar-refractivity contribution in [1.82, 2.24) is 0 Å². The fourth-order valence-electron chi connectivity index (χ4n) is 5.76. The molecule has 2 aliphatic rings. The zero-order chi connectivity index (χ0) is 22.6. The quantitative estimate of drug-likeness (QED) is 0.314. The Morgan fingerprint density at radius 3 is 2.58 bits per heavy atom. The molecule has 1 aromatic rings. The Labute approximate surface area is 194 Å². The average Bonchev–Trinajstić information content (AvgIpc) is 3.10. The molecule has 2 saturated carbocycles. The molecule has 5 heteroatoms.